The predicted molar refractivity (Wildman–Crippen MR) is 127 cm³/mol. The Balaban J connectivity index is 1.43. The van der Waals surface area contributed by atoms with Crippen LogP contribution in [0.4, 0.5) is 19.1 Å². The number of aromatic nitrogens is 5. The van der Waals surface area contributed by atoms with Crippen molar-refractivity contribution in [1.29, 1.82) is 0 Å². The van der Waals surface area contributed by atoms with Crippen LogP contribution in [0, 0.1) is 0 Å². The number of amides is 1. The molecule has 12 heteroatoms. The van der Waals surface area contributed by atoms with E-state index in [1.807, 2.05) is 6.20 Å². The van der Waals surface area contributed by atoms with E-state index in [4.69, 9.17) is 4.52 Å². The number of carbonyl (C=O) groups excluding carboxylic acids is 1. The van der Waals surface area contributed by atoms with Crippen LogP contribution in [0.25, 0.3) is 27.6 Å². The highest BCUT2D eigenvalue weighted by Crippen LogP contribution is 2.34. The van der Waals surface area contributed by atoms with Gasteiger partial charge in [0.15, 0.2) is 5.65 Å². The molecule has 0 saturated heterocycles. The van der Waals surface area contributed by atoms with Gasteiger partial charge in [-0.3, -0.25) is 14.0 Å². The molecule has 36 heavy (non-hydrogen) atoms. The van der Waals surface area contributed by atoms with Gasteiger partial charge in [-0.25, -0.2) is 0 Å². The van der Waals surface area contributed by atoms with Gasteiger partial charge in [-0.15, -0.1) is 0 Å². The molecule has 0 unspecified atom stereocenters. The van der Waals surface area contributed by atoms with E-state index in [0.717, 1.165) is 28.4 Å². The molecular weight excluding hydrogens is 475 g/mol. The zero-order valence-corrected chi connectivity index (χ0v) is 19.7. The molecule has 9 nitrogen and oxygen atoms in total. The van der Waals surface area contributed by atoms with Gasteiger partial charge in [0.2, 0.25) is 5.89 Å². The van der Waals surface area contributed by atoms with Gasteiger partial charge in [-0.1, -0.05) is 0 Å². The fourth-order valence-corrected chi connectivity index (χ4v) is 4.01. The van der Waals surface area contributed by atoms with Gasteiger partial charge >= 0.3 is 6.18 Å². The van der Waals surface area contributed by atoms with Gasteiger partial charge in [-0.05, 0) is 47.6 Å². The molecule has 0 spiro atoms. The van der Waals surface area contributed by atoms with E-state index in [2.05, 4.69) is 20.6 Å². The Kier molecular flexibility index (Phi) is 5.65. The topological polar surface area (TPSA) is 94.0 Å². The molecule has 186 valence electrons. The number of hydrogen-bond donors (Lipinski definition) is 1. The first kappa shape index (κ1) is 23.4. The van der Waals surface area contributed by atoms with Gasteiger partial charge in [-0.2, -0.15) is 23.3 Å². The maximum atomic E-state index is 13.0. The van der Waals surface area contributed by atoms with E-state index in [1.54, 1.807) is 53.5 Å². The SMILES string of the molecule is CN(C)c1noc(CCNC(=O)c2ccc3c(c2)c2cn(C)nc2n3-c2ccc(C(F)(F)F)cc2)n1. The minimum atomic E-state index is -4.42. The Labute approximate surface area is 203 Å². The van der Waals surface area contributed by atoms with Crippen molar-refractivity contribution in [3.8, 4) is 5.69 Å². The zero-order valence-electron chi connectivity index (χ0n) is 19.7. The molecule has 0 atom stereocenters. The van der Waals surface area contributed by atoms with Crippen molar-refractivity contribution in [2.75, 3.05) is 25.5 Å². The van der Waals surface area contributed by atoms with Gasteiger partial charge in [0, 0.05) is 62.3 Å². The van der Waals surface area contributed by atoms with Crippen LogP contribution in [-0.2, 0) is 19.6 Å². The maximum absolute atomic E-state index is 13.0. The van der Waals surface area contributed by atoms with E-state index in [1.165, 1.54) is 12.1 Å². The summed E-state index contributed by atoms with van der Waals surface area (Å²) in [4.78, 5) is 18.8. The molecule has 5 aromatic rings. The molecule has 0 aliphatic rings. The molecule has 0 bridgehead atoms. The summed E-state index contributed by atoms with van der Waals surface area (Å²) in [5.41, 5.74) is 1.56. The molecule has 5 rings (SSSR count). The normalized spacial score (nSPS) is 11.9. The van der Waals surface area contributed by atoms with Crippen molar-refractivity contribution in [2.45, 2.75) is 12.6 Å². The van der Waals surface area contributed by atoms with Crippen LogP contribution >= 0.6 is 0 Å². The van der Waals surface area contributed by atoms with Crippen molar-refractivity contribution in [1.82, 2.24) is 29.8 Å². The average molecular weight is 497 g/mol. The van der Waals surface area contributed by atoms with Crippen molar-refractivity contribution >= 4 is 33.8 Å². The first-order valence-corrected chi connectivity index (χ1v) is 11.1. The number of nitrogens with one attached hydrogen (secondary N) is 1. The molecule has 0 aliphatic carbocycles. The Morgan fingerprint density at radius 3 is 2.53 bits per heavy atom. The summed E-state index contributed by atoms with van der Waals surface area (Å²) in [7, 11) is 5.37. The predicted octanol–water partition coefficient (Wildman–Crippen LogP) is 3.96. The minimum Gasteiger partial charge on any atom is -0.352 e. The molecule has 0 fully saturated rings. The number of alkyl halides is 3. The fourth-order valence-electron chi connectivity index (χ4n) is 4.01. The van der Waals surface area contributed by atoms with Crippen LogP contribution < -0.4 is 10.2 Å². The van der Waals surface area contributed by atoms with E-state index >= 15 is 0 Å². The molecule has 2 aromatic carbocycles. The second-order valence-electron chi connectivity index (χ2n) is 8.54. The van der Waals surface area contributed by atoms with E-state index in [-0.39, 0.29) is 5.91 Å². The summed E-state index contributed by atoms with van der Waals surface area (Å²) in [5, 5.41) is 12.7. The Morgan fingerprint density at radius 1 is 1.11 bits per heavy atom. The quantitative estimate of drug-likeness (QED) is 0.382. The zero-order chi connectivity index (χ0) is 25.6. The first-order chi connectivity index (χ1) is 17.1. The third-order valence-electron chi connectivity index (χ3n) is 5.75. The third kappa shape index (κ3) is 4.25. The fraction of sp³-hybridized carbons (Fsp3) is 0.250. The molecule has 0 saturated carbocycles. The highest BCUT2D eigenvalue weighted by atomic mass is 19.4. The summed E-state index contributed by atoms with van der Waals surface area (Å²) < 4.78 is 47.7. The average Bonchev–Trinajstić information content (AvgIpc) is 3.52. The number of fused-ring (bicyclic) bond motifs is 3. The second kappa shape index (κ2) is 8.70. The summed E-state index contributed by atoms with van der Waals surface area (Å²) in [5.74, 6) is 0.600. The van der Waals surface area contributed by atoms with Crippen molar-refractivity contribution < 1.29 is 22.5 Å². The summed E-state index contributed by atoms with van der Waals surface area (Å²) >= 11 is 0. The van der Waals surface area contributed by atoms with E-state index in [9.17, 15) is 18.0 Å². The van der Waals surface area contributed by atoms with E-state index < -0.39 is 11.7 Å². The number of hydrogen-bond acceptors (Lipinski definition) is 6. The lowest BCUT2D eigenvalue weighted by atomic mass is 10.1. The van der Waals surface area contributed by atoms with Crippen LogP contribution in [0.5, 0.6) is 0 Å². The summed E-state index contributed by atoms with van der Waals surface area (Å²) in [6, 6.07) is 10.1. The van der Waals surface area contributed by atoms with Crippen LogP contribution in [0.2, 0.25) is 0 Å². The van der Waals surface area contributed by atoms with Gasteiger partial charge in [0.25, 0.3) is 11.9 Å². The maximum Gasteiger partial charge on any atom is 0.416 e. The lowest BCUT2D eigenvalue weighted by Crippen LogP contribution is -2.25. The number of rotatable bonds is 6. The number of halogens is 3. The molecule has 3 aromatic heterocycles. The largest absolute Gasteiger partial charge is 0.416 e. The number of aryl methyl sites for hydroxylation is 1. The Morgan fingerprint density at radius 2 is 1.86 bits per heavy atom. The van der Waals surface area contributed by atoms with Crippen molar-refractivity contribution in [3.05, 3.63) is 65.7 Å². The van der Waals surface area contributed by atoms with Gasteiger partial charge in [0.05, 0.1) is 11.1 Å². The highest BCUT2D eigenvalue weighted by Gasteiger charge is 2.30. The highest BCUT2D eigenvalue weighted by molar-refractivity contribution is 6.10. The number of benzene rings is 2. The van der Waals surface area contributed by atoms with Crippen molar-refractivity contribution in [2.24, 2.45) is 7.05 Å². The van der Waals surface area contributed by atoms with Crippen LogP contribution in [-0.4, -0.2) is 51.0 Å². The first-order valence-electron chi connectivity index (χ1n) is 11.1. The van der Waals surface area contributed by atoms with Crippen LogP contribution in [0.15, 0.2) is 53.2 Å². The molecule has 1 N–H and O–H groups in total. The lowest BCUT2D eigenvalue weighted by molar-refractivity contribution is -0.137. The van der Waals surface area contributed by atoms with Gasteiger partial charge < -0.3 is 14.7 Å². The Bertz CT molecular complexity index is 1560. The molecular formula is C24H22F3N7O2. The monoisotopic (exact) mass is 497 g/mol. The summed E-state index contributed by atoms with van der Waals surface area (Å²) in [6.45, 7) is 0.306. The lowest BCUT2D eigenvalue weighted by Gasteiger charge is -2.10. The van der Waals surface area contributed by atoms with Gasteiger partial charge in [0.1, 0.15) is 0 Å². The standard InChI is InChI=1S/C24H22F3N7O2/c1-32(2)23-29-20(36-31-23)10-11-28-22(35)14-4-9-19-17(12-14)18-13-33(3)30-21(18)34(19)16-7-5-15(6-8-16)24(25,26)27/h4-9,12-13H,10-11H2,1-3H3,(H,28,35). The van der Waals surface area contributed by atoms with E-state index in [0.29, 0.717) is 41.7 Å². The minimum absolute atomic E-state index is 0.274. The molecule has 1 amide bonds. The Hall–Kier alpha value is -4.35. The third-order valence-corrected chi connectivity index (χ3v) is 5.75. The summed E-state index contributed by atoms with van der Waals surface area (Å²) in [6.07, 6.45) is -2.22. The molecule has 0 aliphatic heterocycles. The second-order valence-corrected chi connectivity index (χ2v) is 8.54. The smallest absolute Gasteiger partial charge is 0.352 e. The molecule has 0 radical (unpaired) electrons. The number of anilines is 1. The molecule has 3 heterocycles. The number of carbonyl (C=O) groups is 1. The van der Waals surface area contributed by atoms with Crippen LogP contribution in [0.1, 0.15) is 21.8 Å². The van der Waals surface area contributed by atoms with Crippen LogP contribution in [0.3, 0.4) is 0 Å². The van der Waals surface area contributed by atoms with Crippen molar-refractivity contribution in [3.63, 3.8) is 0 Å². The number of nitrogens with zero attached hydrogens (tertiary/aromatic N) is 6.